The molecule has 1 aromatic heterocycles. The molecular formula is C40H47N7O11. The number of carboxylic acids is 2. The molecule has 0 aliphatic carbocycles. The SMILES string of the molecule is COc1cc(NC(=O)[C@H](CC(=O)O)NC(=O)[C@H](Cc2cnc[nH]2)NC(=O)[C@H](CCC(=O)O)NC(=O)[C@H](CC(C)C)NC(=O)OCc2ccccc2)cc2ccccc12. The number of methoxy groups -OCH3 is 1. The number of nitrogens with one attached hydrogen (secondary N) is 6. The number of H-pyrrole nitrogens is 1. The Morgan fingerprint density at radius 3 is 2.07 bits per heavy atom. The van der Waals surface area contributed by atoms with E-state index < -0.39 is 85.1 Å². The predicted molar refractivity (Wildman–Crippen MR) is 209 cm³/mol. The molecule has 4 atom stereocenters. The Labute approximate surface area is 333 Å². The molecule has 0 radical (unpaired) electrons. The van der Waals surface area contributed by atoms with Crippen molar-refractivity contribution in [3.8, 4) is 5.75 Å². The summed E-state index contributed by atoms with van der Waals surface area (Å²) >= 11 is 0. The van der Waals surface area contributed by atoms with Crippen LogP contribution in [0.25, 0.3) is 10.8 Å². The lowest BCUT2D eigenvalue weighted by atomic mass is 10.0. The number of rotatable bonds is 21. The summed E-state index contributed by atoms with van der Waals surface area (Å²) in [5.41, 5.74) is 1.34. The molecule has 3 aromatic carbocycles. The Bertz CT molecular complexity index is 2060. The van der Waals surface area contributed by atoms with Crippen molar-refractivity contribution in [3.63, 3.8) is 0 Å². The second-order valence-electron chi connectivity index (χ2n) is 13.8. The van der Waals surface area contributed by atoms with Gasteiger partial charge in [-0.05, 0) is 35.8 Å². The van der Waals surface area contributed by atoms with Crippen LogP contribution in [0.1, 0.15) is 50.8 Å². The number of imidazole rings is 1. The van der Waals surface area contributed by atoms with E-state index in [4.69, 9.17) is 9.47 Å². The Morgan fingerprint density at radius 1 is 0.759 bits per heavy atom. The largest absolute Gasteiger partial charge is 0.496 e. The maximum atomic E-state index is 13.9. The van der Waals surface area contributed by atoms with E-state index in [2.05, 4.69) is 36.6 Å². The minimum absolute atomic E-state index is 0.0702. The highest BCUT2D eigenvalue weighted by atomic mass is 16.5. The summed E-state index contributed by atoms with van der Waals surface area (Å²) in [5, 5.41) is 33.2. The second kappa shape index (κ2) is 21.4. The van der Waals surface area contributed by atoms with E-state index in [1.54, 1.807) is 68.4 Å². The lowest BCUT2D eigenvalue weighted by molar-refractivity contribution is -0.140. The van der Waals surface area contributed by atoms with Crippen molar-refractivity contribution in [3.05, 3.63) is 90.5 Å². The van der Waals surface area contributed by atoms with Crippen molar-refractivity contribution in [2.45, 2.75) is 76.7 Å². The Morgan fingerprint density at radius 2 is 1.41 bits per heavy atom. The second-order valence-corrected chi connectivity index (χ2v) is 13.8. The van der Waals surface area contributed by atoms with Crippen LogP contribution in [-0.2, 0) is 46.5 Å². The molecule has 58 heavy (non-hydrogen) atoms. The zero-order valence-corrected chi connectivity index (χ0v) is 32.2. The van der Waals surface area contributed by atoms with Crippen LogP contribution in [0.15, 0.2) is 79.3 Å². The Balaban J connectivity index is 1.52. The molecule has 0 unspecified atom stereocenters. The average Bonchev–Trinajstić information content (AvgIpc) is 3.70. The molecule has 5 amide bonds. The molecule has 0 aliphatic rings. The fourth-order valence-corrected chi connectivity index (χ4v) is 5.92. The van der Waals surface area contributed by atoms with E-state index in [1.165, 1.54) is 19.6 Å². The fourth-order valence-electron chi connectivity index (χ4n) is 5.92. The molecule has 4 aromatic rings. The summed E-state index contributed by atoms with van der Waals surface area (Å²) in [6.07, 6.45) is -0.0876. The van der Waals surface area contributed by atoms with E-state index in [9.17, 15) is 43.8 Å². The van der Waals surface area contributed by atoms with E-state index >= 15 is 0 Å². The van der Waals surface area contributed by atoms with Crippen LogP contribution in [0.3, 0.4) is 0 Å². The number of aromatic nitrogens is 2. The van der Waals surface area contributed by atoms with Crippen molar-refractivity contribution < 1.29 is 53.2 Å². The highest BCUT2D eigenvalue weighted by Crippen LogP contribution is 2.30. The van der Waals surface area contributed by atoms with Gasteiger partial charge < -0.3 is 51.3 Å². The Kier molecular flexibility index (Phi) is 16.1. The molecule has 308 valence electrons. The third-order valence-electron chi connectivity index (χ3n) is 8.74. The van der Waals surface area contributed by atoms with Crippen LogP contribution >= 0.6 is 0 Å². The van der Waals surface area contributed by atoms with Crippen LogP contribution in [-0.4, -0.2) is 93.1 Å². The first-order chi connectivity index (χ1) is 27.7. The van der Waals surface area contributed by atoms with Gasteiger partial charge in [0.15, 0.2) is 0 Å². The molecule has 8 N–H and O–H groups in total. The third kappa shape index (κ3) is 13.6. The van der Waals surface area contributed by atoms with E-state index in [1.807, 2.05) is 12.1 Å². The normalized spacial score (nSPS) is 13.0. The minimum atomic E-state index is -1.63. The topological polar surface area (TPSA) is 267 Å². The zero-order chi connectivity index (χ0) is 42.2. The van der Waals surface area contributed by atoms with Gasteiger partial charge in [0.1, 0.15) is 36.5 Å². The number of aromatic amines is 1. The molecule has 0 fully saturated rings. The molecule has 1 heterocycles. The first-order valence-electron chi connectivity index (χ1n) is 18.4. The number of fused-ring (bicyclic) bond motifs is 1. The van der Waals surface area contributed by atoms with Crippen LogP contribution in [0.5, 0.6) is 5.75 Å². The number of benzene rings is 3. The molecular weight excluding hydrogens is 754 g/mol. The van der Waals surface area contributed by atoms with Gasteiger partial charge in [-0.15, -0.1) is 0 Å². The number of ether oxygens (including phenoxy) is 2. The summed E-state index contributed by atoms with van der Waals surface area (Å²) < 4.78 is 10.7. The number of hydrogen-bond acceptors (Lipinski definition) is 10. The lowest BCUT2D eigenvalue weighted by Crippen LogP contribution is -2.58. The van der Waals surface area contributed by atoms with Gasteiger partial charge in [-0.2, -0.15) is 0 Å². The number of amides is 5. The van der Waals surface area contributed by atoms with Gasteiger partial charge in [-0.3, -0.25) is 28.8 Å². The molecule has 0 saturated carbocycles. The van der Waals surface area contributed by atoms with Crippen molar-refractivity contribution in [2.75, 3.05) is 12.4 Å². The number of carbonyl (C=O) groups is 7. The van der Waals surface area contributed by atoms with E-state index in [0.29, 0.717) is 17.0 Å². The molecule has 18 heteroatoms. The molecule has 4 rings (SSSR count). The van der Waals surface area contributed by atoms with Gasteiger partial charge in [0, 0.05) is 41.9 Å². The number of anilines is 1. The minimum Gasteiger partial charge on any atom is -0.496 e. The van der Waals surface area contributed by atoms with Crippen LogP contribution in [0.4, 0.5) is 10.5 Å². The lowest BCUT2D eigenvalue weighted by Gasteiger charge is -2.26. The monoisotopic (exact) mass is 801 g/mol. The third-order valence-corrected chi connectivity index (χ3v) is 8.74. The van der Waals surface area contributed by atoms with Crippen molar-refractivity contribution in [1.82, 2.24) is 31.2 Å². The summed E-state index contributed by atoms with van der Waals surface area (Å²) in [5.74, 6) is -5.98. The highest BCUT2D eigenvalue weighted by molar-refractivity contribution is 6.02. The fraction of sp³-hybridized carbons (Fsp3) is 0.350. The quantitative estimate of drug-likeness (QED) is 0.0605. The molecule has 0 spiro atoms. The maximum Gasteiger partial charge on any atom is 0.408 e. The summed E-state index contributed by atoms with van der Waals surface area (Å²) in [4.78, 5) is 97.7. The molecule has 18 nitrogen and oxygen atoms in total. The zero-order valence-electron chi connectivity index (χ0n) is 32.2. The number of nitrogens with zero attached hydrogens (tertiary/aromatic N) is 1. The van der Waals surface area contributed by atoms with Crippen LogP contribution in [0.2, 0.25) is 0 Å². The number of carbonyl (C=O) groups excluding carboxylic acids is 5. The number of alkyl carbamates (subject to hydrolysis) is 1. The molecule has 0 bridgehead atoms. The Hall–Kier alpha value is -6.98. The first kappa shape index (κ1) is 43.7. The smallest absolute Gasteiger partial charge is 0.408 e. The van der Waals surface area contributed by atoms with Gasteiger partial charge in [0.2, 0.25) is 23.6 Å². The van der Waals surface area contributed by atoms with Crippen molar-refractivity contribution in [1.29, 1.82) is 0 Å². The highest BCUT2D eigenvalue weighted by Gasteiger charge is 2.33. The molecule has 0 aliphatic heterocycles. The summed E-state index contributed by atoms with van der Waals surface area (Å²) in [6, 6.07) is 13.4. The van der Waals surface area contributed by atoms with Gasteiger partial charge in [-0.1, -0.05) is 68.4 Å². The first-order valence-corrected chi connectivity index (χ1v) is 18.4. The van der Waals surface area contributed by atoms with Gasteiger partial charge >= 0.3 is 18.0 Å². The van der Waals surface area contributed by atoms with E-state index in [-0.39, 0.29) is 31.1 Å². The van der Waals surface area contributed by atoms with Gasteiger partial charge in [-0.25, -0.2) is 9.78 Å². The number of carboxylic acid groups (broad SMARTS) is 2. The maximum absolute atomic E-state index is 13.9. The van der Waals surface area contributed by atoms with Gasteiger partial charge in [0.05, 0.1) is 19.9 Å². The van der Waals surface area contributed by atoms with Crippen molar-refractivity contribution >= 4 is 58.1 Å². The van der Waals surface area contributed by atoms with E-state index in [0.717, 1.165) is 10.8 Å². The number of hydrogen-bond donors (Lipinski definition) is 8. The van der Waals surface area contributed by atoms with Crippen LogP contribution < -0.4 is 31.3 Å². The standard InChI is InChI=1S/C40H47N7O11/c1-23(2)15-30(47-40(56)58-21-24-9-5-4-6-10-24)38(54)44-29(13-14-34(48)49)36(52)45-31(17-27-20-41-22-42-27)39(55)46-32(19-35(50)51)37(53)43-26-16-25-11-7-8-12-28(25)33(18-26)57-3/h4-12,16,18,20,22-23,29-32H,13-15,17,19,21H2,1-3H3,(H,41,42)(H,43,53)(H,44,54)(H,45,52)(H,46,55)(H,47,56)(H,48,49)(H,50,51)/t29-,30-,31-,32-/m0/s1. The average molecular weight is 802 g/mol. The van der Waals surface area contributed by atoms with Crippen molar-refractivity contribution in [2.24, 2.45) is 5.92 Å². The van der Waals surface area contributed by atoms with Crippen LogP contribution in [0, 0.1) is 5.92 Å². The summed E-state index contributed by atoms with van der Waals surface area (Å²) in [6.45, 7) is 3.54. The summed E-state index contributed by atoms with van der Waals surface area (Å²) in [7, 11) is 1.46. The molecule has 0 saturated heterocycles. The predicted octanol–water partition coefficient (Wildman–Crippen LogP) is 2.89. The van der Waals surface area contributed by atoms with Gasteiger partial charge in [0.25, 0.3) is 0 Å². The number of aliphatic carboxylic acids is 2.